The molecule has 130 valence electrons. The molecule has 0 N–H and O–H groups in total. The van der Waals surface area contributed by atoms with Crippen LogP contribution in [0.2, 0.25) is 0 Å². The number of carbonyl (C=O) groups is 2. The topological polar surface area (TPSA) is 37.4 Å². The SMILES string of the molecule is C=C(C)CC(C(C)=O)C(=O)N(Cc1ccccc1)Cc1ccccc1. The van der Waals surface area contributed by atoms with Crippen LogP contribution in [0, 0.1) is 5.92 Å². The predicted molar refractivity (Wildman–Crippen MR) is 101 cm³/mol. The van der Waals surface area contributed by atoms with Crippen LogP contribution in [0.4, 0.5) is 0 Å². The van der Waals surface area contributed by atoms with Gasteiger partial charge in [-0.05, 0) is 31.4 Å². The third-order valence-electron chi connectivity index (χ3n) is 4.09. The van der Waals surface area contributed by atoms with Crippen LogP contribution in [0.15, 0.2) is 72.8 Å². The van der Waals surface area contributed by atoms with E-state index in [4.69, 9.17) is 0 Å². The van der Waals surface area contributed by atoms with Gasteiger partial charge in [-0.2, -0.15) is 0 Å². The molecule has 1 amide bonds. The summed E-state index contributed by atoms with van der Waals surface area (Å²) in [5.74, 6) is -0.910. The minimum Gasteiger partial charge on any atom is -0.333 e. The summed E-state index contributed by atoms with van der Waals surface area (Å²) in [4.78, 5) is 26.9. The van der Waals surface area contributed by atoms with E-state index in [-0.39, 0.29) is 11.7 Å². The van der Waals surface area contributed by atoms with Crippen LogP contribution in [-0.4, -0.2) is 16.6 Å². The van der Waals surface area contributed by atoms with Crippen molar-refractivity contribution in [3.05, 3.63) is 83.9 Å². The maximum Gasteiger partial charge on any atom is 0.234 e. The van der Waals surface area contributed by atoms with E-state index in [1.807, 2.05) is 67.6 Å². The van der Waals surface area contributed by atoms with E-state index >= 15 is 0 Å². The highest BCUT2D eigenvalue weighted by molar-refractivity contribution is 6.00. The number of benzene rings is 2. The average Bonchev–Trinajstić information content (AvgIpc) is 2.60. The molecule has 3 nitrogen and oxygen atoms in total. The third kappa shape index (κ3) is 5.71. The molecule has 2 aromatic rings. The first-order chi connectivity index (χ1) is 12.0. The van der Waals surface area contributed by atoms with Crippen LogP contribution in [-0.2, 0) is 22.7 Å². The summed E-state index contributed by atoms with van der Waals surface area (Å²) < 4.78 is 0. The molecule has 0 aromatic heterocycles. The van der Waals surface area contributed by atoms with Crippen LogP contribution in [0.3, 0.4) is 0 Å². The summed E-state index contributed by atoms with van der Waals surface area (Å²) >= 11 is 0. The summed E-state index contributed by atoms with van der Waals surface area (Å²) in [5.41, 5.74) is 2.93. The van der Waals surface area contributed by atoms with Gasteiger partial charge in [-0.25, -0.2) is 0 Å². The molecule has 0 saturated carbocycles. The van der Waals surface area contributed by atoms with Gasteiger partial charge in [0.25, 0.3) is 0 Å². The van der Waals surface area contributed by atoms with E-state index < -0.39 is 5.92 Å². The molecule has 1 atom stereocenters. The Morgan fingerprint density at radius 1 is 0.880 bits per heavy atom. The van der Waals surface area contributed by atoms with E-state index in [1.165, 1.54) is 6.92 Å². The van der Waals surface area contributed by atoms with Gasteiger partial charge < -0.3 is 4.90 Å². The first kappa shape index (κ1) is 18.7. The van der Waals surface area contributed by atoms with Gasteiger partial charge in [0, 0.05) is 13.1 Å². The van der Waals surface area contributed by atoms with Crippen molar-refractivity contribution in [1.82, 2.24) is 4.90 Å². The minimum absolute atomic E-state index is 0.112. The Hall–Kier alpha value is -2.68. The Kier molecular flexibility index (Phi) is 6.70. The number of hydrogen-bond acceptors (Lipinski definition) is 2. The highest BCUT2D eigenvalue weighted by atomic mass is 16.2. The number of Topliss-reactive ketones (excluding diaryl/α,β-unsaturated/α-hetero) is 1. The molecular formula is C22H25NO2. The van der Waals surface area contributed by atoms with Gasteiger partial charge >= 0.3 is 0 Å². The van der Waals surface area contributed by atoms with Crippen LogP contribution < -0.4 is 0 Å². The zero-order valence-electron chi connectivity index (χ0n) is 14.9. The van der Waals surface area contributed by atoms with Crippen molar-refractivity contribution >= 4 is 11.7 Å². The van der Waals surface area contributed by atoms with Crippen LogP contribution in [0.5, 0.6) is 0 Å². The van der Waals surface area contributed by atoms with Gasteiger partial charge in [-0.15, -0.1) is 6.58 Å². The second-order valence-corrected chi connectivity index (χ2v) is 6.49. The quantitative estimate of drug-likeness (QED) is 0.530. The largest absolute Gasteiger partial charge is 0.333 e. The van der Waals surface area contributed by atoms with E-state index in [9.17, 15) is 9.59 Å². The highest BCUT2D eigenvalue weighted by Crippen LogP contribution is 2.19. The lowest BCUT2D eigenvalue weighted by molar-refractivity contribution is -0.141. The highest BCUT2D eigenvalue weighted by Gasteiger charge is 2.28. The van der Waals surface area contributed by atoms with Gasteiger partial charge in [0.2, 0.25) is 5.91 Å². The lowest BCUT2D eigenvalue weighted by Gasteiger charge is -2.27. The molecule has 0 radical (unpaired) electrons. The molecule has 0 fully saturated rings. The molecular weight excluding hydrogens is 310 g/mol. The summed E-state index contributed by atoms with van der Waals surface area (Å²) in [6.07, 6.45) is 0.397. The molecule has 0 bridgehead atoms. The maximum absolute atomic E-state index is 13.1. The third-order valence-corrected chi connectivity index (χ3v) is 4.09. The van der Waals surface area contributed by atoms with E-state index in [0.717, 1.165) is 16.7 Å². The molecule has 3 heteroatoms. The summed E-state index contributed by atoms with van der Waals surface area (Å²) in [6, 6.07) is 19.7. The monoisotopic (exact) mass is 335 g/mol. The Labute approximate surface area is 150 Å². The molecule has 0 heterocycles. The van der Waals surface area contributed by atoms with E-state index in [0.29, 0.717) is 19.5 Å². The molecule has 1 unspecified atom stereocenters. The first-order valence-electron chi connectivity index (χ1n) is 8.49. The number of rotatable bonds is 8. The second-order valence-electron chi connectivity index (χ2n) is 6.49. The Balaban J connectivity index is 2.26. The van der Waals surface area contributed by atoms with Crippen molar-refractivity contribution in [3.63, 3.8) is 0 Å². The summed E-state index contributed by atoms with van der Waals surface area (Å²) in [6.45, 7) is 8.16. The van der Waals surface area contributed by atoms with Gasteiger partial charge in [0.05, 0.1) is 0 Å². The van der Waals surface area contributed by atoms with Crippen molar-refractivity contribution in [2.75, 3.05) is 0 Å². The molecule has 0 aliphatic heterocycles. The zero-order chi connectivity index (χ0) is 18.2. The lowest BCUT2D eigenvalue weighted by atomic mass is 9.95. The molecule has 2 aromatic carbocycles. The standard InChI is InChI=1S/C22H25NO2/c1-17(2)14-21(18(3)24)22(25)23(15-19-10-6-4-7-11-19)16-20-12-8-5-9-13-20/h4-13,21H,1,14-16H2,2-3H3. The average molecular weight is 335 g/mol. The van der Waals surface area contributed by atoms with Crippen LogP contribution >= 0.6 is 0 Å². The second kappa shape index (κ2) is 8.97. The Morgan fingerprint density at radius 2 is 1.32 bits per heavy atom. The van der Waals surface area contributed by atoms with Crippen molar-refractivity contribution in [2.24, 2.45) is 5.92 Å². The molecule has 0 aliphatic carbocycles. The number of hydrogen-bond donors (Lipinski definition) is 0. The number of ketones is 1. The first-order valence-corrected chi connectivity index (χ1v) is 8.49. The van der Waals surface area contributed by atoms with E-state index in [2.05, 4.69) is 6.58 Å². The molecule has 25 heavy (non-hydrogen) atoms. The zero-order valence-corrected chi connectivity index (χ0v) is 14.9. The summed E-state index contributed by atoms with van der Waals surface area (Å²) in [5, 5.41) is 0. The normalized spacial score (nSPS) is 11.6. The molecule has 0 aliphatic rings. The van der Waals surface area contributed by atoms with Crippen molar-refractivity contribution in [1.29, 1.82) is 0 Å². The molecule has 2 rings (SSSR count). The Morgan fingerprint density at radius 3 is 1.68 bits per heavy atom. The minimum atomic E-state index is -0.662. The lowest BCUT2D eigenvalue weighted by Crippen LogP contribution is -2.38. The smallest absolute Gasteiger partial charge is 0.234 e. The van der Waals surface area contributed by atoms with Gasteiger partial charge in [-0.1, -0.05) is 66.2 Å². The fraction of sp³-hybridized carbons (Fsp3) is 0.273. The van der Waals surface area contributed by atoms with Crippen LogP contribution in [0.25, 0.3) is 0 Å². The van der Waals surface area contributed by atoms with Crippen molar-refractivity contribution in [2.45, 2.75) is 33.4 Å². The van der Waals surface area contributed by atoms with Crippen LogP contribution in [0.1, 0.15) is 31.4 Å². The van der Waals surface area contributed by atoms with Crippen molar-refractivity contribution in [3.8, 4) is 0 Å². The number of allylic oxidation sites excluding steroid dienone is 1. The number of carbonyl (C=O) groups excluding carboxylic acids is 2. The van der Waals surface area contributed by atoms with Gasteiger partial charge in [0.15, 0.2) is 0 Å². The fourth-order valence-corrected chi connectivity index (χ4v) is 2.79. The van der Waals surface area contributed by atoms with Crippen molar-refractivity contribution < 1.29 is 9.59 Å². The Bertz CT molecular complexity index is 681. The fourth-order valence-electron chi connectivity index (χ4n) is 2.79. The number of amides is 1. The predicted octanol–water partition coefficient (Wildman–Crippen LogP) is 4.39. The molecule has 0 saturated heterocycles. The van der Waals surface area contributed by atoms with E-state index in [1.54, 1.807) is 4.90 Å². The van der Waals surface area contributed by atoms with Gasteiger partial charge in [0.1, 0.15) is 11.7 Å². The van der Waals surface area contributed by atoms with Gasteiger partial charge in [-0.3, -0.25) is 9.59 Å². The maximum atomic E-state index is 13.1. The number of nitrogens with zero attached hydrogens (tertiary/aromatic N) is 1. The summed E-state index contributed by atoms with van der Waals surface area (Å²) in [7, 11) is 0. The molecule has 0 spiro atoms.